The summed E-state index contributed by atoms with van der Waals surface area (Å²) in [7, 11) is 0. The summed E-state index contributed by atoms with van der Waals surface area (Å²) in [5.74, 6) is 0. The molecule has 0 bridgehead atoms. The predicted octanol–water partition coefficient (Wildman–Crippen LogP) is 11.5. The first-order chi connectivity index (χ1) is 20.7. The maximum absolute atomic E-state index is 2.79. The molecule has 44 heavy (non-hydrogen) atoms. The van der Waals surface area contributed by atoms with Gasteiger partial charge in [0.1, 0.15) is 0 Å². The zero-order valence-corrected chi connectivity index (χ0v) is 30.6. The maximum atomic E-state index is 2.64. The van der Waals surface area contributed by atoms with Gasteiger partial charge in [0.2, 0.25) is 0 Å². The minimum absolute atomic E-state index is 0.0907. The first-order valence-corrected chi connectivity index (χ1v) is 20.2. The first-order valence-electron chi connectivity index (χ1n) is 16.3. The molecule has 0 saturated heterocycles. The van der Waals surface area contributed by atoms with Crippen molar-refractivity contribution in [3.05, 3.63) is 151 Å². The van der Waals surface area contributed by atoms with Crippen molar-refractivity contribution in [3.8, 4) is 11.1 Å². The quantitative estimate of drug-likeness (QED) is 0.205. The topological polar surface area (TPSA) is 0 Å². The van der Waals surface area contributed by atoms with Crippen LogP contribution in [0.1, 0.15) is 106 Å². The van der Waals surface area contributed by atoms with E-state index in [1.54, 1.807) is 17.6 Å². The molecule has 2 aliphatic rings. The molecular formula is C43H48Zr. The number of allylic oxidation sites excluding steroid dienone is 4. The molecule has 0 fully saturated rings. The summed E-state index contributed by atoms with van der Waals surface area (Å²) in [6, 6.07) is 37.6. The molecule has 2 aliphatic carbocycles. The Bertz CT molecular complexity index is 1690. The summed E-state index contributed by atoms with van der Waals surface area (Å²) in [6.45, 7) is 21.2. The fourth-order valence-corrected chi connectivity index (χ4v) is 15.9. The Hall–Kier alpha value is -2.89. The molecule has 0 atom stereocenters. The number of hydrogen-bond acceptors (Lipinski definition) is 0. The summed E-state index contributed by atoms with van der Waals surface area (Å²) in [6.07, 6.45) is 6.25. The average molecular weight is 656 g/mol. The first kappa shape index (κ1) is 31.1. The van der Waals surface area contributed by atoms with Gasteiger partial charge in [0, 0.05) is 0 Å². The molecular weight excluding hydrogens is 608 g/mol. The van der Waals surface area contributed by atoms with E-state index in [4.69, 9.17) is 0 Å². The van der Waals surface area contributed by atoms with Crippen LogP contribution in [0.3, 0.4) is 0 Å². The third-order valence-electron chi connectivity index (χ3n) is 9.51. The zero-order valence-electron chi connectivity index (χ0n) is 28.2. The van der Waals surface area contributed by atoms with Crippen molar-refractivity contribution < 1.29 is 21.3 Å². The second-order valence-electron chi connectivity index (χ2n) is 15.8. The van der Waals surface area contributed by atoms with Crippen molar-refractivity contribution in [3.63, 3.8) is 0 Å². The van der Waals surface area contributed by atoms with Gasteiger partial charge in [-0.1, -0.05) is 0 Å². The van der Waals surface area contributed by atoms with Crippen LogP contribution in [0.2, 0.25) is 0 Å². The Balaban J connectivity index is 1.75. The summed E-state index contributed by atoms with van der Waals surface area (Å²) in [4.78, 5) is 0. The SMILES string of the molecule is CC(C)(C)C1=CC[C]([Zr](=[C](c2ccccc2)c2ccccc2)[CH]2c3cc(C(C)(C)C)ccc3-c3ccc(C(C)(C)C)cc32)=C1. The Morgan fingerprint density at radius 1 is 0.568 bits per heavy atom. The predicted molar refractivity (Wildman–Crippen MR) is 187 cm³/mol. The van der Waals surface area contributed by atoms with Crippen molar-refractivity contribution in [1.82, 2.24) is 0 Å². The molecule has 0 heterocycles. The summed E-state index contributed by atoms with van der Waals surface area (Å²) in [5, 5.41) is 0. The van der Waals surface area contributed by atoms with Crippen LogP contribution < -0.4 is 0 Å². The van der Waals surface area contributed by atoms with E-state index in [9.17, 15) is 0 Å². The van der Waals surface area contributed by atoms with E-state index in [1.807, 2.05) is 0 Å². The fourth-order valence-electron chi connectivity index (χ4n) is 6.92. The second kappa shape index (κ2) is 11.5. The molecule has 0 unspecified atom stereocenters. The van der Waals surface area contributed by atoms with Gasteiger partial charge in [0.25, 0.3) is 0 Å². The van der Waals surface area contributed by atoms with Gasteiger partial charge in [-0.3, -0.25) is 0 Å². The van der Waals surface area contributed by atoms with E-state index < -0.39 is 21.3 Å². The van der Waals surface area contributed by atoms with Crippen LogP contribution >= 0.6 is 0 Å². The molecule has 0 aromatic heterocycles. The van der Waals surface area contributed by atoms with Gasteiger partial charge >= 0.3 is 276 Å². The summed E-state index contributed by atoms with van der Waals surface area (Å²) in [5.41, 5.74) is 13.5. The van der Waals surface area contributed by atoms with Crippen molar-refractivity contribution in [2.75, 3.05) is 0 Å². The summed E-state index contributed by atoms with van der Waals surface area (Å²) >= 11 is -2.79. The van der Waals surface area contributed by atoms with Gasteiger partial charge in [-0.2, -0.15) is 0 Å². The van der Waals surface area contributed by atoms with E-state index in [0.717, 1.165) is 6.42 Å². The van der Waals surface area contributed by atoms with Crippen molar-refractivity contribution in [2.45, 2.75) is 83.2 Å². The standard InChI is InChI=1S/C21H25.C13H10.C9H13.Zr/c1-20(2,3)16-7-9-18-14(12-16)11-15-13-17(21(4,5)6)8-10-19(15)18;1-3-7-12(8-4-1)11-13-9-5-2-6-10-13;1-9(2,3)8-6-4-5-7-8;/h7-13H,1-6H3;1-10H;6-7H,4H2,1-3H3;. The van der Waals surface area contributed by atoms with Crippen LogP contribution in [0, 0.1) is 5.41 Å². The third-order valence-corrected chi connectivity index (χ3v) is 17.8. The molecule has 0 saturated carbocycles. The fraction of sp³-hybridized carbons (Fsp3) is 0.326. The average Bonchev–Trinajstić information content (AvgIpc) is 3.59. The van der Waals surface area contributed by atoms with E-state index in [-0.39, 0.29) is 16.2 Å². The normalized spacial score (nSPS) is 15.0. The molecule has 0 amide bonds. The van der Waals surface area contributed by atoms with Gasteiger partial charge < -0.3 is 0 Å². The molecule has 1 heteroatoms. The molecule has 0 N–H and O–H groups in total. The Morgan fingerprint density at radius 3 is 1.41 bits per heavy atom. The van der Waals surface area contributed by atoms with E-state index in [1.165, 1.54) is 39.0 Å². The monoisotopic (exact) mass is 654 g/mol. The Morgan fingerprint density at radius 2 is 1.02 bits per heavy atom. The van der Waals surface area contributed by atoms with E-state index in [2.05, 4.69) is 172 Å². The molecule has 224 valence electrons. The third kappa shape index (κ3) is 5.90. The molecule has 0 spiro atoms. The van der Waals surface area contributed by atoms with Gasteiger partial charge in [-0.25, -0.2) is 0 Å². The van der Waals surface area contributed by atoms with Crippen LogP contribution in [0.5, 0.6) is 0 Å². The molecule has 4 aromatic carbocycles. The van der Waals surface area contributed by atoms with Crippen molar-refractivity contribution in [2.24, 2.45) is 5.41 Å². The molecule has 4 aromatic rings. The van der Waals surface area contributed by atoms with Crippen LogP contribution in [0.25, 0.3) is 11.1 Å². The molecule has 0 aliphatic heterocycles. The van der Waals surface area contributed by atoms with Gasteiger partial charge in [-0.15, -0.1) is 0 Å². The van der Waals surface area contributed by atoms with E-state index in [0.29, 0.717) is 3.63 Å². The van der Waals surface area contributed by atoms with Crippen molar-refractivity contribution >= 4 is 3.21 Å². The molecule has 0 radical (unpaired) electrons. The number of rotatable bonds is 4. The Kier molecular flexibility index (Phi) is 8.12. The molecule has 0 nitrogen and oxygen atoms in total. The van der Waals surface area contributed by atoms with Gasteiger partial charge in [0.15, 0.2) is 0 Å². The Labute approximate surface area is 274 Å². The van der Waals surface area contributed by atoms with Crippen molar-refractivity contribution in [1.29, 1.82) is 0 Å². The minimum atomic E-state index is -2.79. The molecule has 6 rings (SSSR count). The van der Waals surface area contributed by atoms with Gasteiger partial charge in [-0.05, 0) is 0 Å². The van der Waals surface area contributed by atoms with E-state index >= 15 is 0 Å². The number of benzene rings is 4. The number of fused-ring (bicyclic) bond motifs is 3. The van der Waals surface area contributed by atoms with Crippen LogP contribution in [-0.2, 0) is 32.1 Å². The zero-order chi connectivity index (χ0) is 31.4. The van der Waals surface area contributed by atoms with Gasteiger partial charge in [0.05, 0.1) is 0 Å². The van der Waals surface area contributed by atoms with Crippen LogP contribution in [-0.4, -0.2) is 3.21 Å². The second-order valence-corrected chi connectivity index (χ2v) is 22.1. The van der Waals surface area contributed by atoms with Crippen LogP contribution in [0.15, 0.2) is 118 Å². The number of hydrogen-bond donors (Lipinski definition) is 0. The van der Waals surface area contributed by atoms with Crippen LogP contribution in [0.4, 0.5) is 0 Å². The summed E-state index contributed by atoms with van der Waals surface area (Å²) < 4.78 is 3.74.